The number of hydrogen-bond acceptors (Lipinski definition) is 0. The van der Waals surface area contributed by atoms with Crippen LogP contribution < -0.4 is 0 Å². The fourth-order valence-electron chi connectivity index (χ4n) is 16.5. The molecule has 0 heteroatoms. The first-order valence-electron chi connectivity index (χ1n) is 29.2. The molecule has 0 saturated heterocycles. The van der Waals surface area contributed by atoms with Crippen molar-refractivity contribution < 1.29 is 0 Å². The van der Waals surface area contributed by atoms with Gasteiger partial charge in [-0.2, -0.15) is 0 Å². The maximum absolute atomic E-state index is 2.79. The highest BCUT2D eigenvalue weighted by atomic mass is 14.7. The molecule has 0 bridgehead atoms. The summed E-state index contributed by atoms with van der Waals surface area (Å²) in [6.45, 7) is 34.1. The summed E-state index contributed by atoms with van der Waals surface area (Å²) >= 11 is 0. The molecular formula is C76H74. The Hall–Kier alpha value is -6.50. The molecule has 0 aromatic heterocycles. The van der Waals surface area contributed by atoms with Crippen LogP contribution in [-0.4, -0.2) is 0 Å². The van der Waals surface area contributed by atoms with Gasteiger partial charge in [0.2, 0.25) is 0 Å². The van der Waals surface area contributed by atoms with E-state index in [1.54, 1.807) is 22.3 Å². The van der Waals surface area contributed by atoms with E-state index in [9.17, 15) is 0 Å². The van der Waals surface area contributed by atoms with Crippen molar-refractivity contribution in [2.45, 2.75) is 168 Å². The van der Waals surface area contributed by atoms with E-state index in [1.165, 1.54) is 145 Å². The normalized spacial score (nSPS) is 19.7. The molecule has 2 atom stereocenters. The second kappa shape index (κ2) is 14.7. The van der Waals surface area contributed by atoms with Gasteiger partial charge in [0.25, 0.3) is 0 Å². The number of unbranched alkanes of at least 4 members (excludes halogenated alkanes) is 2. The molecule has 0 radical (unpaired) electrons. The highest BCUT2D eigenvalue weighted by Gasteiger charge is 2.67. The van der Waals surface area contributed by atoms with Gasteiger partial charge in [0.15, 0.2) is 0 Å². The molecule has 0 nitrogen and oxygen atoms in total. The molecule has 8 aromatic rings. The lowest BCUT2D eigenvalue weighted by atomic mass is 9.48. The number of fused-ring (bicyclic) bond motifs is 25. The topological polar surface area (TPSA) is 0 Å². The van der Waals surface area contributed by atoms with Gasteiger partial charge in [0, 0.05) is 10.8 Å². The maximum Gasteiger partial charge on any atom is 0.0359 e. The van der Waals surface area contributed by atoms with E-state index >= 15 is 0 Å². The van der Waals surface area contributed by atoms with Gasteiger partial charge < -0.3 is 0 Å². The molecule has 76 heavy (non-hydrogen) atoms. The van der Waals surface area contributed by atoms with Crippen LogP contribution in [0.25, 0.3) is 100 Å². The average molecular weight is 987 g/mol. The van der Waals surface area contributed by atoms with Gasteiger partial charge in [-0.05, 0) is 214 Å². The number of benzene rings is 8. The Morgan fingerprint density at radius 3 is 0.882 bits per heavy atom. The fourth-order valence-corrected chi connectivity index (χ4v) is 16.5. The first-order chi connectivity index (χ1) is 36.2. The van der Waals surface area contributed by atoms with Crippen LogP contribution in [-0.2, 0) is 32.5 Å². The Morgan fingerprint density at radius 2 is 0.566 bits per heavy atom. The van der Waals surface area contributed by atoms with Crippen LogP contribution in [0.4, 0.5) is 0 Å². The standard InChI is InChI=1S/C76H74/c1-15-17-35-75-55-39-43(73(9,10)11)29-33-51(55)65-59-47-25-21-19-23-45(47)57(59)61-49-31-27-41(71(3,4)5)37-53(49)63(67(61)69(65)75)64-54-38-42(72(6,7)8)28-32-50(54)62-58-46-24-20-22-26-48(46)60(58)66-52-34-30-44(74(12,13)14)40-56(52)76(75,36-18-16-2)70(66)68(62)64/h19-34,37-40H,15-18,35-36H2,1-14H3/b64-63-. The molecule has 0 aliphatic heterocycles. The Labute approximate surface area is 453 Å². The third-order valence-corrected chi connectivity index (χ3v) is 20.2. The van der Waals surface area contributed by atoms with Crippen molar-refractivity contribution in [3.8, 4) is 89.0 Å². The minimum Gasteiger partial charge on any atom is -0.0654 e. The first-order valence-corrected chi connectivity index (χ1v) is 29.2. The molecular weight excluding hydrogens is 913 g/mol. The molecule has 0 spiro atoms. The molecule has 0 heterocycles. The Morgan fingerprint density at radius 1 is 0.289 bits per heavy atom. The van der Waals surface area contributed by atoms with Gasteiger partial charge in [0.1, 0.15) is 0 Å². The van der Waals surface area contributed by atoms with E-state index < -0.39 is 10.8 Å². The van der Waals surface area contributed by atoms with Gasteiger partial charge in [-0.25, -0.2) is 0 Å². The number of hydrogen-bond donors (Lipinski definition) is 0. The quantitative estimate of drug-likeness (QED) is 0.156. The molecule has 8 aromatic carbocycles. The SMILES string of the molecule is CCCCC12c3cc(C(C)(C)C)ccc3-c3c4c(c5c(c31)/C(=C1/c3cc(C(C)(C)C)ccc3-c3c1c1c(c6c3-c3ccccc3-6)-c3ccc(C(C)(C)C)cc3C12CCCC)c1cc(C(C)(C)C)ccc1-5)-c1ccccc1-4. The van der Waals surface area contributed by atoms with Gasteiger partial charge in [-0.3, -0.25) is 0 Å². The van der Waals surface area contributed by atoms with Crippen LogP contribution in [0.15, 0.2) is 121 Å². The summed E-state index contributed by atoms with van der Waals surface area (Å²) in [6.07, 6.45) is 6.68. The molecule has 2 unspecified atom stereocenters. The minimum absolute atomic E-state index is 0.0405. The number of rotatable bonds is 6. The van der Waals surface area contributed by atoms with Crippen molar-refractivity contribution >= 4 is 11.1 Å². The van der Waals surface area contributed by atoms with Crippen LogP contribution in [0.5, 0.6) is 0 Å². The molecule has 378 valence electrons. The Balaban J connectivity index is 1.29. The van der Waals surface area contributed by atoms with Gasteiger partial charge in [-0.1, -0.05) is 232 Å². The average Bonchev–Trinajstić information content (AvgIpc) is 4.19. The van der Waals surface area contributed by atoms with Crippen LogP contribution in [0.1, 0.15) is 202 Å². The molecule has 0 N–H and O–H groups in total. The van der Waals surface area contributed by atoms with E-state index in [-0.39, 0.29) is 21.7 Å². The minimum atomic E-state index is -0.424. The van der Waals surface area contributed by atoms with E-state index in [0.29, 0.717) is 0 Å². The summed E-state index contributed by atoms with van der Waals surface area (Å²) in [7, 11) is 0. The molecule has 15 rings (SSSR count). The van der Waals surface area contributed by atoms with E-state index in [4.69, 9.17) is 0 Å². The molecule has 7 aliphatic carbocycles. The predicted molar refractivity (Wildman–Crippen MR) is 324 cm³/mol. The highest BCUT2D eigenvalue weighted by molar-refractivity contribution is 6.31. The fraction of sp³-hybridized carbons (Fsp3) is 0.342. The Bertz CT molecular complexity index is 3770. The third kappa shape index (κ3) is 5.43. The second-order valence-electron chi connectivity index (χ2n) is 28.4. The zero-order chi connectivity index (χ0) is 52.7. The van der Waals surface area contributed by atoms with Crippen molar-refractivity contribution in [2.75, 3.05) is 0 Å². The van der Waals surface area contributed by atoms with Crippen LogP contribution in [0.2, 0.25) is 0 Å². The monoisotopic (exact) mass is 987 g/mol. The summed E-state index contributed by atoms with van der Waals surface area (Å²) in [5, 5.41) is 0. The smallest absolute Gasteiger partial charge is 0.0359 e. The van der Waals surface area contributed by atoms with Crippen molar-refractivity contribution in [1.82, 2.24) is 0 Å². The second-order valence-corrected chi connectivity index (χ2v) is 28.4. The lowest BCUT2D eigenvalue weighted by Crippen LogP contribution is -2.50. The largest absolute Gasteiger partial charge is 0.0654 e. The summed E-state index contributed by atoms with van der Waals surface area (Å²) in [5.74, 6) is 0. The Kier molecular flexibility index (Phi) is 9.07. The van der Waals surface area contributed by atoms with Crippen LogP contribution >= 0.6 is 0 Å². The van der Waals surface area contributed by atoms with Gasteiger partial charge in [-0.15, -0.1) is 0 Å². The molecule has 0 amide bonds. The molecule has 0 saturated carbocycles. The van der Waals surface area contributed by atoms with E-state index in [2.05, 4.69) is 218 Å². The first kappa shape index (κ1) is 46.8. The lowest BCUT2D eigenvalue weighted by molar-refractivity contribution is 0.266. The highest BCUT2D eigenvalue weighted by Crippen LogP contribution is 2.79. The van der Waals surface area contributed by atoms with Crippen molar-refractivity contribution in [1.29, 1.82) is 0 Å². The molecule has 0 fully saturated rings. The zero-order valence-corrected chi connectivity index (χ0v) is 47.8. The summed E-state index contributed by atoms with van der Waals surface area (Å²) in [4.78, 5) is 0. The van der Waals surface area contributed by atoms with Crippen LogP contribution in [0.3, 0.4) is 0 Å². The zero-order valence-electron chi connectivity index (χ0n) is 47.8. The van der Waals surface area contributed by atoms with Gasteiger partial charge in [0.05, 0.1) is 0 Å². The third-order valence-electron chi connectivity index (χ3n) is 20.2. The van der Waals surface area contributed by atoms with Gasteiger partial charge >= 0.3 is 0 Å². The maximum atomic E-state index is 2.79. The van der Waals surface area contributed by atoms with E-state index in [0.717, 1.165) is 38.5 Å². The summed E-state index contributed by atoms with van der Waals surface area (Å²) in [5.41, 5.74) is 43.4. The van der Waals surface area contributed by atoms with Crippen molar-refractivity contribution in [2.24, 2.45) is 0 Å². The summed E-state index contributed by atoms with van der Waals surface area (Å²) in [6, 6.07) is 50.3. The molecule has 7 aliphatic rings. The van der Waals surface area contributed by atoms with Crippen molar-refractivity contribution in [3.05, 3.63) is 188 Å². The van der Waals surface area contributed by atoms with Crippen molar-refractivity contribution in [3.63, 3.8) is 0 Å². The predicted octanol–water partition coefficient (Wildman–Crippen LogP) is 21.1. The summed E-state index contributed by atoms with van der Waals surface area (Å²) < 4.78 is 0. The van der Waals surface area contributed by atoms with Crippen LogP contribution in [0, 0.1) is 0 Å². The lowest BCUT2D eigenvalue weighted by Gasteiger charge is -2.53. The van der Waals surface area contributed by atoms with E-state index in [1.807, 2.05) is 0 Å².